The highest BCUT2D eigenvalue weighted by molar-refractivity contribution is 6.11. The molecule has 4 atom stereocenters. The molecule has 250 valence electrons. The number of nitrogens with two attached hydrogens (primary N) is 1. The Labute approximate surface area is 299 Å². The number of aromatic nitrogens is 1. The summed E-state index contributed by atoms with van der Waals surface area (Å²) in [7, 11) is 2.28. The van der Waals surface area contributed by atoms with E-state index in [0.29, 0.717) is 17.8 Å². The molecular weight excluding hydrogens is 623 g/mol. The molecule has 2 aliphatic carbocycles. The Morgan fingerprint density at radius 1 is 0.863 bits per heavy atom. The van der Waals surface area contributed by atoms with Gasteiger partial charge >= 0.3 is 0 Å². The van der Waals surface area contributed by atoms with E-state index in [2.05, 4.69) is 160 Å². The number of nitriles is 1. The number of hydrogen-bond donors (Lipinski definition) is 1. The van der Waals surface area contributed by atoms with Crippen LogP contribution in [0.1, 0.15) is 55.6 Å². The van der Waals surface area contributed by atoms with Crippen LogP contribution in [0.15, 0.2) is 144 Å². The summed E-state index contributed by atoms with van der Waals surface area (Å²) >= 11 is 0. The molecule has 0 radical (unpaired) electrons. The lowest BCUT2D eigenvalue weighted by Crippen LogP contribution is -2.32. The third-order valence-corrected chi connectivity index (χ3v) is 11.9. The van der Waals surface area contributed by atoms with Crippen LogP contribution in [0.2, 0.25) is 0 Å². The molecule has 4 unspecified atom stereocenters. The molecule has 0 spiro atoms. The summed E-state index contributed by atoms with van der Waals surface area (Å²) in [4.78, 5) is 5.35. The van der Waals surface area contributed by atoms with Crippen LogP contribution in [0.5, 0.6) is 0 Å². The maximum atomic E-state index is 9.66. The van der Waals surface area contributed by atoms with Crippen molar-refractivity contribution in [3.8, 4) is 22.9 Å². The van der Waals surface area contributed by atoms with E-state index in [0.717, 1.165) is 39.8 Å². The Hall–Kier alpha value is -5.70. The van der Waals surface area contributed by atoms with E-state index in [-0.39, 0.29) is 11.6 Å². The Balaban J connectivity index is 1.15. The zero-order valence-corrected chi connectivity index (χ0v) is 29.6. The molecule has 2 N–H and O–H groups in total. The van der Waals surface area contributed by atoms with Crippen molar-refractivity contribution in [1.82, 2.24) is 4.57 Å². The standard InChI is InChI=1S/C46H42N5/c1-29-21-22-30(27-47)23-36(29)43-28-51(43,4)45(31-13-6-5-7-14-31)49-44(48)32-15-12-16-33(24-32)50-41-20-11-9-18-35(41)38-25-40-37(26-42(38)50)34-17-8-10-19-39(34)46(40,2)3/h5-20,22-26,29,43,45H,21,28H2,1-4H3,(H2,48,49)/q+1. The second-order valence-corrected chi connectivity index (χ2v) is 15.4. The molecular formula is C46H42N5+. The summed E-state index contributed by atoms with van der Waals surface area (Å²) in [6.45, 7) is 7.90. The van der Waals surface area contributed by atoms with Crippen molar-refractivity contribution < 1.29 is 4.48 Å². The van der Waals surface area contributed by atoms with Crippen LogP contribution in [0.25, 0.3) is 38.6 Å². The highest BCUT2D eigenvalue weighted by Crippen LogP contribution is 2.51. The van der Waals surface area contributed by atoms with Gasteiger partial charge < -0.3 is 10.3 Å². The van der Waals surface area contributed by atoms with Gasteiger partial charge in [-0.25, -0.2) is 4.99 Å². The minimum atomic E-state index is -0.177. The predicted molar refractivity (Wildman–Crippen MR) is 209 cm³/mol. The Morgan fingerprint density at radius 3 is 2.45 bits per heavy atom. The van der Waals surface area contributed by atoms with Crippen molar-refractivity contribution in [1.29, 1.82) is 5.26 Å². The summed E-state index contributed by atoms with van der Waals surface area (Å²) in [5, 5.41) is 12.2. The number of aliphatic imine (C=N–C) groups is 1. The van der Waals surface area contributed by atoms with Gasteiger partial charge in [-0.2, -0.15) is 5.26 Å². The smallest absolute Gasteiger partial charge is 0.211 e. The minimum absolute atomic E-state index is 0.0700. The molecule has 9 rings (SSSR count). The first-order valence-electron chi connectivity index (χ1n) is 18.0. The molecule has 1 aliphatic heterocycles. The van der Waals surface area contributed by atoms with Crippen molar-refractivity contribution in [2.75, 3.05) is 13.6 Å². The third-order valence-electron chi connectivity index (χ3n) is 11.9. The second-order valence-electron chi connectivity index (χ2n) is 15.4. The van der Waals surface area contributed by atoms with Crippen LogP contribution < -0.4 is 5.73 Å². The highest BCUT2D eigenvalue weighted by atomic mass is 15.5. The van der Waals surface area contributed by atoms with E-state index in [1.165, 1.54) is 49.6 Å². The first-order valence-corrected chi connectivity index (χ1v) is 18.0. The van der Waals surface area contributed by atoms with Gasteiger partial charge in [0.1, 0.15) is 12.4 Å². The number of rotatable bonds is 6. The van der Waals surface area contributed by atoms with Crippen LogP contribution >= 0.6 is 0 Å². The van der Waals surface area contributed by atoms with Gasteiger partial charge in [-0.1, -0.05) is 112 Å². The molecule has 5 heteroatoms. The van der Waals surface area contributed by atoms with E-state index >= 15 is 0 Å². The van der Waals surface area contributed by atoms with Gasteiger partial charge in [0, 0.05) is 38.6 Å². The fourth-order valence-corrected chi connectivity index (χ4v) is 8.99. The first kappa shape index (κ1) is 31.3. The van der Waals surface area contributed by atoms with E-state index in [1.54, 1.807) is 0 Å². The topological polar surface area (TPSA) is 67.1 Å². The van der Waals surface area contributed by atoms with Gasteiger partial charge in [0.05, 0.1) is 24.2 Å². The van der Waals surface area contributed by atoms with Gasteiger partial charge in [-0.05, 0) is 76.6 Å². The molecule has 1 fully saturated rings. The number of hydrogen-bond acceptors (Lipinski definition) is 2. The molecule has 1 aromatic heterocycles. The van der Waals surface area contributed by atoms with E-state index in [1.807, 2.05) is 6.07 Å². The zero-order valence-electron chi connectivity index (χ0n) is 29.6. The van der Waals surface area contributed by atoms with Crippen LogP contribution in [0.4, 0.5) is 0 Å². The average Bonchev–Trinajstić information content (AvgIpc) is 3.66. The van der Waals surface area contributed by atoms with Crippen LogP contribution in [0, 0.1) is 17.2 Å². The molecule has 0 amide bonds. The third kappa shape index (κ3) is 4.82. The highest BCUT2D eigenvalue weighted by Gasteiger charge is 2.59. The molecule has 6 aromatic rings. The second kappa shape index (κ2) is 11.4. The fourth-order valence-electron chi connectivity index (χ4n) is 8.99. The Morgan fingerprint density at radius 2 is 1.63 bits per heavy atom. The van der Waals surface area contributed by atoms with E-state index < -0.39 is 0 Å². The quantitative estimate of drug-likeness (QED) is 0.0834. The summed E-state index contributed by atoms with van der Waals surface area (Å²) in [5.41, 5.74) is 19.9. The fraction of sp³-hybridized carbons (Fsp3) is 0.217. The van der Waals surface area contributed by atoms with Crippen molar-refractivity contribution in [3.63, 3.8) is 0 Å². The van der Waals surface area contributed by atoms with Gasteiger partial charge in [0.15, 0.2) is 6.04 Å². The number of benzene rings is 5. The number of allylic oxidation sites excluding steroid dienone is 3. The van der Waals surface area contributed by atoms with Gasteiger partial charge in [-0.3, -0.25) is 4.48 Å². The van der Waals surface area contributed by atoms with Crippen LogP contribution in [-0.2, 0) is 5.41 Å². The van der Waals surface area contributed by atoms with Gasteiger partial charge in [-0.15, -0.1) is 0 Å². The lowest BCUT2D eigenvalue weighted by molar-refractivity contribution is -0.823. The molecule has 2 heterocycles. The lowest BCUT2D eigenvalue weighted by Gasteiger charge is -2.27. The molecule has 51 heavy (non-hydrogen) atoms. The van der Waals surface area contributed by atoms with Crippen molar-refractivity contribution in [2.45, 2.75) is 44.8 Å². The Bertz CT molecular complexity index is 2520. The van der Waals surface area contributed by atoms with Crippen LogP contribution in [-0.4, -0.2) is 34.5 Å². The largest absolute Gasteiger partial charge is 0.383 e. The number of likely N-dealkylation sites (N-methyl/N-ethyl adjacent to an activating group) is 1. The number of fused-ring (bicyclic) bond motifs is 6. The van der Waals surface area contributed by atoms with Gasteiger partial charge in [0.2, 0.25) is 6.17 Å². The number of quaternary nitrogens is 1. The zero-order chi connectivity index (χ0) is 35.1. The summed E-state index contributed by atoms with van der Waals surface area (Å²) < 4.78 is 3.12. The normalized spacial score (nSPS) is 22.5. The van der Waals surface area contributed by atoms with Crippen molar-refractivity contribution in [2.24, 2.45) is 16.6 Å². The maximum absolute atomic E-state index is 9.66. The summed E-state index contributed by atoms with van der Waals surface area (Å²) in [6.07, 6.45) is 4.89. The average molecular weight is 665 g/mol. The maximum Gasteiger partial charge on any atom is 0.211 e. The Kier molecular flexibility index (Phi) is 7.00. The minimum Gasteiger partial charge on any atom is -0.383 e. The monoisotopic (exact) mass is 664 g/mol. The molecule has 0 bridgehead atoms. The number of nitrogens with zero attached hydrogens (tertiary/aromatic N) is 4. The first-order chi connectivity index (χ1) is 24.7. The van der Waals surface area contributed by atoms with Crippen LogP contribution in [0.3, 0.4) is 0 Å². The molecule has 5 aromatic carbocycles. The van der Waals surface area contributed by atoms with Gasteiger partial charge in [0.25, 0.3) is 0 Å². The summed E-state index contributed by atoms with van der Waals surface area (Å²) in [6, 6.07) is 44.1. The molecule has 3 aliphatic rings. The van der Waals surface area contributed by atoms with E-state index in [4.69, 9.17) is 10.7 Å². The summed E-state index contributed by atoms with van der Waals surface area (Å²) in [5.74, 6) is 0.921. The van der Waals surface area contributed by atoms with E-state index in [9.17, 15) is 5.26 Å². The predicted octanol–water partition coefficient (Wildman–Crippen LogP) is 9.74. The van der Waals surface area contributed by atoms with Crippen molar-refractivity contribution >= 4 is 27.6 Å². The molecule has 1 saturated heterocycles. The molecule has 0 saturated carbocycles. The number of amidine groups is 1. The number of para-hydroxylation sites is 1. The van der Waals surface area contributed by atoms with Crippen molar-refractivity contribution in [3.05, 3.63) is 161 Å². The molecule has 5 nitrogen and oxygen atoms in total. The lowest BCUT2D eigenvalue weighted by atomic mass is 9.82. The SMILES string of the molecule is CC1CC=C(C#N)C=C1C1C[N+]1(C)C(N=C(N)c1cccc(-n2c3ccccc3c3cc4c(cc32)-c2ccccc2C4(C)C)c1)c1ccccc1.